The van der Waals surface area contributed by atoms with E-state index in [1.165, 1.54) is 11.1 Å². The first-order chi connectivity index (χ1) is 11.6. The summed E-state index contributed by atoms with van der Waals surface area (Å²) < 4.78 is 0. The highest BCUT2D eigenvalue weighted by Gasteiger charge is 2.24. The van der Waals surface area contributed by atoms with Crippen molar-refractivity contribution in [3.63, 3.8) is 0 Å². The summed E-state index contributed by atoms with van der Waals surface area (Å²) in [4.78, 5) is 12.8. The first-order valence-electron chi connectivity index (χ1n) is 8.78. The van der Waals surface area contributed by atoms with Crippen LogP contribution in [0.5, 0.6) is 0 Å². The lowest BCUT2D eigenvalue weighted by Crippen LogP contribution is -2.40. The molecule has 1 aliphatic heterocycles. The van der Waals surface area contributed by atoms with Gasteiger partial charge in [-0.1, -0.05) is 59.7 Å². The lowest BCUT2D eigenvalue weighted by atomic mass is 9.93. The van der Waals surface area contributed by atoms with Gasteiger partial charge in [0, 0.05) is 5.92 Å². The van der Waals surface area contributed by atoms with Gasteiger partial charge in [-0.3, -0.25) is 4.79 Å². The molecule has 3 rings (SSSR count). The second-order valence-corrected chi connectivity index (χ2v) is 6.79. The molecule has 1 heterocycles. The summed E-state index contributed by atoms with van der Waals surface area (Å²) in [5.74, 6) is 0.285. The van der Waals surface area contributed by atoms with Gasteiger partial charge in [0.2, 0.25) is 5.91 Å². The molecule has 1 amide bonds. The number of aryl methyl sites for hydroxylation is 2. The molecule has 2 aromatic carbocycles. The van der Waals surface area contributed by atoms with E-state index in [0.29, 0.717) is 0 Å². The van der Waals surface area contributed by atoms with E-state index in [2.05, 4.69) is 73.0 Å². The van der Waals surface area contributed by atoms with Gasteiger partial charge in [-0.05, 0) is 50.9 Å². The molecule has 1 aliphatic rings. The Morgan fingerprint density at radius 1 is 1.00 bits per heavy atom. The van der Waals surface area contributed by atoms with Crippen molar-refractivity contribution in [1.29, 1.82) is 0 Å². The van der Waals surface area contributed by atoms with E-state index >= 15 is 0 Å². The summed E-state index contributed by atoms with van der Waals surface area (Å²) in [5, 5.41) is 6.63. The zero-order valence-electron chi connectivity index (χ0n) is 14.5. The largest absolute Gasteiger partial charge is 0.345 e. The third kappa shape index (κ3) is 4.04. The number of carbonyl (C=O) groups excluding carboxylic acids is 1. The molecule has 0 bridgehead atoms. The molecule has 2 aromatic rings. The average molecular weight is 322 g/mol. The normalized spacial score (nSPS) is 15.5. The maximum absolute atomic E-state index is 12.8. The molecule has 3 heteroatoms. The number of carbonyl (C=O) groups is 1. The van der Waals surface area contributed by atoms with Gasteiger partial charge in [0.25, 0.3) is 0 Å². The van der Waals surface area contributed by atoms with Crippen LogP contribution in [-0.4, -0.2) is 19.0 Å². The zero-order valence-corrected chi connectivity index (χ0v) is 14.5. The Morgan fingerprint density at radius 3 is 2.04 bits per heavy atom. The predicted octanol–water partition coefficient (Wildman–Crippen LogP) is 3.51. The molecule has 0 radical (unpaired) electrons. The quantitative estimate of drug-likeness (QED) is 0.904. The topological polar surface area (TPSA) is 41.1 Å². The van der Waals surface area contributed by atoms with Crippen LogP contribution in [0, 0.1) is 19.8 Å². The van der Waals surface area contributed by atoms with Crippen LogP contribution in [0.4, 0.5) is 0 Å². The molecule has 2 N–H and O–H groups in total. The Kier molecular flexibility index (Phi) is 5.31. The molecule has 0 aromatic heterocycles. The van der Waals surface area contributed by atoms with E-state index in [-0.39, 0.29) is 17.9 Å². The van der Waals surface area contributed by atoms with Gasteiger partial charge in [-0.15, -0.1) is 0 Å². The average Bonchev–Trinajstić information content (AvgIpc) is 2.60. The van der Waals surface area contributed by atoms with Gasteiger partial charge in [0.1, 0.15) is 0 Å². The summed E-state index contributed by atoms with van der Waals surface area (Å²) in [5.41, 5.74) is 4.70. The first kappa shape index (κ1) is 16.7. The third-order valence-corrected chi connectivity index (χ3v) is 4.75. The van der Waals surface area contributed by atoms with E-state index in [4.69, 9.17) is 0 Å². The highest BCUT2D eigenvalue weighted by atomic mass is 16.1. The van der Waals surface area contributed by atoms with E-state index in [1.807, 2.05) is 0 Å². The smallest absolute Gasteiger partial charge is 0.223 e. The summed E-state index contributed by atoms with van der Waals surface area (Å²) >= 11 is 0. The molecule has 0 atom stereocenters. The van der Waals surface area contributed by atoms with Crippen molar-refractivity contribution in [2.24, 2.45) is 5.92 Å². The maximum Gasteiger partial charge on any atom is 0.223 e. The van der Waals surface area contributed by atoms with Crippen LogP contribution in [0.1, 0.15) is 41.1 Å². The van der Waals surface area contributed by atoms with Crippen molar-refractivity contribution in [2.75, 3.05) is 13.1 Å². The van der Waals surface area contributed by atoms with Gasteiger partial charge in [0.05, 0.1) is 6.04 Å². The highest BCUT2D eigenvalue weighted by molar-refractivity contribution is 5.79. The van der Waals surface area contributed by atoms with Gasteiger partial charge in [-0.2, -0.15) is 0 Å². The van der Waals surface area contributed by atoms with Crippen molar-refractivity contribution < 1.29 is 4.79 Å². The monoisotopic (exact) mass is 322 g/mol. The van der Waals surface area contributed by atoms with Crippen LogP contribution in [0.25, 0.3) is 0 Å². The van der Waals surface area contributed by atoms with Crippen molar-refractivity contribution in [3.8, 4) is 0 Å². The molecule has 1 fully saturated rings. The molecule has 0 spiro atoms. The number of hydrogen-bond donors (Lipinski definition) is 2. The van der Waals surface area contributed by atoms with Gasteiger partial charge >= 0.3 is 0 Å². The Labute approximate surface area is 144 Å². The number of piperidine rings is 1. The van der Waals surface area contributed by atoms with Crippen LogP contribution in [0.2, 0.25) is 0 Å². The summed E-state index contributed by atoms with van der Waals surface area (Å²) in [6, 6.07) is 16.7. The number of benzene rings is 2. The van der Waals surface area contributed by atoms with Gasteiger partial charge in [0.15, 0.2) is 0 Å². The van der Waals surface area contributed by atoms with Crippen molar-refractivity contribution in [1.82, 2.24) is 10.6 Å². The fourth-order valence-corrected chi connectivity index (χ4v) is 3.40. The zero-order chi connectivity index (χ0) is 16.9. The summed E-state index contributed by atoms with van der Waals surface area (Å²) in [6.45, 7) is 6.03. The molecule has 3 nitrogen and oxygen atoms in total. The van der Waals surface area contributed by atoms with Gasteiger partial charge in [-0.25, -0.2) is 0 Å². The van der Waals surface area contributed by atoms with Crippen LogP contribution < -0.4 is 10.6 Å². The fraction of sp³-hybridized carbons (Fsp3) is 0.381. The number of rotatable bonds is 4. The minimum Gasteiger partial charge on any atom is -0.345 e. The number of hydrogen-bond acceptors (Lipinski definition) is 2. The van der Waals surface area contributed by atoms with Crippen molar-refractivity contribution in [2.45, 2.75) is 32.7 Å². The second kappa shape index (κ2) is 7.63. The van der Waals surface area contributed by atoms with E-state index in [0.717, 1.165) is 37.1 Å². The van der Waals surface area contributed by atoms with Crippen LogP contribution in [0.3, 0.4) is 0 Å². The van der Waals surface area contributed by atoms with E-state index in [1.54, 1.807) is 0 Å². The van der Waals surface area contributed by atoms with E-state index < -0.39 is 0 Å². The SMILES string of the molecule is Cc1cccc(C(NC(=O)C2CCNCC2)c2cccc(C)c2)c1. The molecule has 126 valence electrons. The maximum atomic E-state index is 12.8. The minimum absolute atomic E-state index is 0.0906. The minimum atomic E-state index is -0.0906. The Bertz CT molecular complexity index is 659. The molecular formula is C21H26N2O. The number of amides is 1. The Morgan fingerprint density at radius 2 is 1.54 bits per heavy atom. The van der Waals surface area contributed by atoms with Crippen LogP contribution >= 0.6 is 0 Å². The van der Waals surface area contributed by atoms with Crippen molar-refractivity contribution in [3.05, 3.63) is 70.8 Å². The summed E-state index contributed by atoms with van der Waals surface area (Å²) in [6.07, 6.45) is 1.83. The molecule has 0 aliphatic carbocycles. The lowest BCUT2D eigenvalue weighted by molar-refractivity contribution is -0.126. The van der Waals surface area contributed by atoms with Crippen LogP contribution in [0.15, 0.2) is 48.5 Å². The van der Waals surface area contributed by atoms with Gasteiger partial charge < -0.3 is 10.6 Å². The van der Waals surface area contributed by atoms with Crippen LogP contribution in [-0.2, 0) is 4.79 Å². The molecule has 1 saturated heterocycles. The third-order valence-electron chi connectivity index (χ3n) is 4.75. The van der Waals surface area contributed by atoms with Crippen molar-refractivity contribution >= 4 is 5.91 Å². The molecular weight excluding hydrogens is 296 g/mol. The van der Waals surface area contributed by atoms with E-state index in [9.17, 15) is 4.79 Å². The Balaban J connectivity index is 1.88. The standard InChI is InChI=1S/C21H26N2O/c1-15-5-3-7-18(13-15)20(19-8-4-6-16(2)14-19)23-21(24)17-9-11-22-12-10-17/h3-8,13-14,17,20,22H,9-12H2,1-2H3,(H,23,24). The lowest BCUT2D eigenvalue weighted by Gasteiger charge is -2.26. The first-order valence-corrected chi connectivity index (χ1v) is 8.78. The second-order valence-electron chi connectivity index (χ2n) is 6.79. The molecule has 0 saturated carbocycles. The molecule has 0 unspecified atom stereocenters. The fourth-order valence-electron chi connectivity index (χ4n) is 3.40. The Hall–Kier alpha value is -2.13. The predicted molar refractivity (Wildman–Crippen MR) is 97.9 cm³/mol. The summed E-state index contributed by atoms with van der Waals surface area (Å²) in [7, 11) is 0. The molecule has 24 heavy (non-hydrogen) atoms. The highest BCUT2D eigenvalue weighted by Crippen LogP contribution is 2.25. The number of nitrogens with one attached hydrogen (secondary N) is 2.